The standard InChI is InChI=1S/C24H37F3N4O2/c1-23(8-9-23)22(33)30-12-10-29(11-13-30)21(32)17-4-2-16(3-5-17)18-6-7-20-28-19(24(25,26)27)15-31(20)14-18/h16-20,28H,2-15H2,1H3. The number of amides is 2. The molecule has 0 bridgehead atoms. The number of fused-ring (bicyclic) bond motifs is 1. The molecule has 0 aromatic rings. The van der Waals surface area contributed by atoms with Gasteiger partial charge in [-0.15, -0.1) is 0 Å². The van der Waals surface area contributed by atoms with Crippen LogP contribution in [0.5, 0.6) is 0 Å². The number of halogens is 3. The maximum Gasteiger partial charge on any atom is 0.405 e. The lowest BCUT2D eigenvalue weighted by Crippen LogP contribution is -2.53. The molecular formula is C24H37F3N4O2. The van der Waals surface area contributed by atoms with E-state index in [9.17, 15) is 22.8 Å². The van der Waals surface area contributed by atoms with Crippen LogP contribution >= 0.6 is 0 Å². The number of alkyl halides is 3. The number of rotatable bonds is 3. The Kier molecular flexibility index (Phi) is 6.17. The van der Waals surface area contributed by atoms with Crippen molar-refractivity contribution in [1.82, 2.24) is 20.0 Å². The third-order valence-electron chi connectivity index (χ3n) is 9.11. The summed E-state index contributed by atoms with van der Waals surface area (Å²) in [4.78, 5) is 31.5. The summed E-state index contributed by atoms with van der Waals surface area (Å²) in [5.74, 6) is 1.49. The predicted octanol–water partition coefficient (Wildman–Crippen LogP) is 2.84. The van der Waals surface area contributed by atoms with E-state index < -0.39 is 12.2 Å². The van der Waals surface area contributed by atoms with E-state index in [4.69, 9.17) is 0 Å². The van der Waals surface area contributed by atoms with Gasteiger partial charge in [-0.25, -0.2) is 0 Å². The smallest absolute Gasteiger partial charge is 0.339 e. The molecule has 5 aliphatic rings. The van der Waals surface area contributed by atoms with Gasteiger partial charge in [0.05, 0.1) is 6.17 Å². The largest absolute Gasteiger partial charge is 0.405 e. The molecule has 5 rings (SSSR count). The van der Waals surface area contributed by atoms with Crippen molar-refractivity contribution >= 4 is 11.8 Å². The van der Waals surface area contributed by atoms with Gasteiger partial charge in [-0.3, -0.25) is 19.8 Å². The predicted molar refractivity (Wildman–Crippen MR) is 117 cm³/mol. The molecule has 33 heavy (non-hydrogen) atoms. The number of hydrogen-bond acceptors (Lipinski definition) is 4. The number of carbonyl (C=O) groups excluding carboxylic acids is 2. The highest BCUT2D eigenvalue weighted by atomic mass is 19.4. The van der Waals surface area contributed by atoms with Crippen molar-refractivity contribution < 1.29 is 22.8 Å². The lowest BCUT2D eigenvalue weighted by molar-refractivity contribution is -0.150. The average Bonchev–Trinajstić information content (AvgIpc) is 3.40. The van der Waals surface area contributed by atoms with Crippen molar-refractivity contribution in [2.75, 3.05) is 39.3 Å². The van der Waals surface area contributed by atoms with Crippen LogP contribution in [-0.2, 0) is 9.59 Å². The maximum atomic E-state index is 13.1. The Labute approximate surface area is 194 Å². The van der Waals surface area contributed by atoms with Crippen LogP contribution in [0.25, 0.3) is 0 Å². The summed E-state index contributed by atoms with van der Waals surface area (Å²) < 4.78 is 39.3. The SMILES string of the molecule is CC1(C(=O)N2CCN(C(=O)C3CCC(C4CCC5NC(C(F)(F)F)CN5C4)CC3)CC2)CC1. The first-order chi connectivity index (χ1) is 15.6. The Hall–Kier alpha value is -1.35. The summed E-state index contributed by atoms with van der Waals surface area (Å²) in [7, 11) is 0. The van der Waals surface area contributed by atoms with Crippen LogP contribution < -0.4 is 5.32 Å². The van der Waals surface area contributed by atoms with Gasteiger partial charge in [0, 0.05) is 50.6 Å². The Morgan fingerprint density at radius 3 is 2.06 bits per heavy atom. The molecule has 3 atom stereocenters. The molecule has 0 radical (unpaired) electrons. The summed E-state index contributed by atoms with van der Waals surface area (Å²) in [5.41, 5.74) is -0.150. The molecule has 2 aliphatic carbocycles. The zero-order valence-corrected chi connectivity index (χ0v) is 19.6. The van der Waals surface area contributed by atoms with Crippen molar-refractivity contribution in [3.8, 4) is 0 Å². The Bertz CT molecular complexity index is 755. The van der Waals surface area contributed by atoms with Gasteiger partial charge >= 0.3 is 6.18 Å². The van der Waals surface area contributed by atoms with Gasteiger partial charge < -0.3 is 9.80 Å². The van der Waals surface area contributed by atoms with Crippen molar-refractivity contribution in [3.63, 3.8) is 0 Å². The molecule has 3 saturated heterocycles. The van der Waals surface area contributed by atoms with Gasteiger partial charge in [-0.2, -0.15) is 13.2 Å². The highest BCUT2D eigenvalue weighted by molar-refractivity contribution is 5.85. The molecule has 9 heteroatoms. The second-order valence-electron chi connectivity index (χ2n) is 11.4. The van der Waals surface area contributed by atoms with E-state index in [1.54, 1.807) is 0 Å². The fraction of sp³-hybridized carbons (Fsp3) is 0.917. The van der Waals surface area contributed by atoms with Crippen molar-refractivity contribution in [2.45, 2.75) is 76.7 Å². The average molecular weight is 471 g/mol. The number of hydrogen-bond donors (Lipinski definition) is 1. The van der Waals surface area contributed by atoms with Crippen LogP contribution in [0.2, 0.25) is 0 Å². The lowest BCUT2D eigenvalue weighted by Gasteiger charge is -2.42. The van der Waals surface area contributed by atoms with Crippen molar-refractivity contribution in [2.24, 2.45) is 23.2 Å². The highest BCUT2D eigenvalue weighted by Gasteiger charge is 2.50. The van der Waals surface area contributed by atoms with Crippen molar-refractivity contribution in [3.05, 3.63) is 0 Å². The minimum atomic E-state index is -4.18. The van der Waals surface area contributed by atoms with Gasteiger partial charge in [0.1, 0.15) is 6.04 Å². The van der Waals surface area contributed by atoms with Crippen molar-refractivity contribution in [1.29, 1.82) is 0 Å². The van der Waals surface area contributed by atoms with Crippen LogP contribution in [0, 0.1) is 23.2 Å². The van der Waals surface area contributed by atoms with E-state index in [1.165, 1.54) is 0 Å². The van der Waals surface area contributed by atoms with Gasteiger partial charge in [-0.05, 0) is 63.2 Å². The molecule has 1 N–H and O–H groups in total. The van der Waals surface area contributed by atoms with Crippen LogP contribution in [0.4, 0.5) is 13.2 Å². The quantitative estimate of drug-likeness (QED) is 0.689. The van der Waals surface area contributed by atoms with E-state index in [0.717, 1.165) is 57.9 Å². The molecule has 0 spiro atoms. The highest BCUT2D eigenvalue weighted by Crippen LogP contribution is 2.46. The molecule has 3 heterocycles. The molecule has 6 nitrogen and oxygen atoms in total. The first-order valence-electron chi connectivity index (χ1n) is 12.8. The van der Waals surface area contributed by atoms with Crippen LogP contribution in [-0.4, -0.2) is 84.2 Å². The summed E-state index contributed by atoms with van der Waals surface area (Å²) in [6, 6.07) is -1.41. The Morgan fingerprint density at radius 2 is 1.45 bits per heavy atom. The molecule has 0 aromatic heterocycles. The normalized spacial score (nSPS) is 37.0. The molecule has 3 unspecified atom stereocenters. The number of nitrogens with one attached hydrogen (secondary N) is 1. The summed E-state index contributed by atoms with van der Waals surface area (Å²) in [5, 5.41) is 2.76. The van der Waals surface area contributed by atoms with E-state index >= 15 is 0 Å². The number of piperazine rings is 1. The summed E-state index contributed by atoms with van der Waals surface area (Å²) in [6.45, 7) is 5.38. The number of carbonyl (C=O) groups is 2. The molecule has 0 aromatic carbocycles. The monoisotopic (exact) mass is 470 g/mol. The molecule has 3 aliphatic heterocycles. The molecule has 5 fully saturated rings. The molecular weight excluding hydrogens is 433 g/mol. The number of piperidine rings is 1. The summed E-state index contributed by atoms with van der Waals surface area (Å²) >= 11 is 0. The maximum absolute atomic E-state index is 13.1. The van der Waals surface area contributed by atoms with Gasteiger partial charge in [0.2, 0.25) is 11.8 Å². The zero-order valence-electron chi connectivity index (χ0n) is 19.6. The van der Waals surface area contributed by atoms with E-state index in [0.29, 0.717) is 38.0 Å². The van der Waals surface area contributed by atoms with E-state index in [1.807, 2.05) is 21.6 Å². The first-order valence-corrected chi connectivity index (χ1v) is 12.8. The molecule has 186 valence electrons. The fourth-order valence-corrected chi connectivity index (χ4v) is 6.58. The minimum Gasteiger partial charge on any atom is -0.339 e. The second kappa shape index (κ2) is 8.70. The fourth-order valence-electron chi connectivity index (χ4n) is 6.58. The Morgan fingerprint density at radius 1 is 0.848 bits per heavy atom. The van der Waals surface area contributed by atoms with Crippen LogP contribution in [0.15, 0.2) is 0 Å². The lowest BCUT2D eigenvalue weighted by atomic mass is 9.73. The third-order valence-corrected chi connectivity index (χ3v) is 9.11. The second-order valence-corrected chi connectivity index (χ2v) is 11.4. The Balaban J connectivity index is 1.07. The number of nitrogens with zero attached hydrogens (tertiary/aromatic N) is 3. The molecule has 2 saturated carbocycles. The van der Waals surface area contributed by atoms with Gasteiger partial charge in [0.15, 0.2) is 0 Å². The van der Waals surface area contributed by atoms with E-state index in [2.05, 4.69) is 5.32 Å². The molecule has 2 amide bonds. The minimum absolute atomic E-state index is 0.0591. The van der Waals surface area contributed by atoms with Gasteiger partial charge in [0.25, 0.3) is 0 Å². The van der Waals surface area contributed by atoms with Crippen LogP contribution in [0.3, 0.4) is 0 Å². The van der Waals surface area contributed by atoms with E-state index in [-0.39, 0.29) is 35.9 Å². The first kappa shape index (κ1) is 23.4. The topological polar surface area (TPSA) is 55.9 Å². The van der Waals surface area contributed by atoms with Gasteiger partial charge in [-0.1, -0.05) is 6.92 Å². The third kappa shape index (κ3) is 4.77. The summed E-state index contributed by atoms with van der Waals surface area (Å²) in [6.07, 6.45) is 3.13. The zero-order chi connectivity index (χ0) is 23.4. The van der Waals surface area contributed by atoms with Crippen LogP contribution in [0.1, 0.15) is 58.3 Å².